The van der Waals surface area contributed by atoms with Crippen molar-refractivity contribution < 1.29 is 27.6 Å². The van der Waals surface area contributed by atoms with E-state index in [1.54, 1.807) is 0 Å². The second-order valence-corrected chi connectivity index (χ2v) is 6.93. The minimum atomic E-state index is -4.57. The number of alkyl halides is 3. The number of nitrogens with one attached hydrogen (secondary N) is 1. The van der Waals surface area contributed by atoms with E-state index in [0.29, 0.717) is 16.9 Å². The molecule has 0 saturated carbocycles. The summed E-state index contributed by atoms with van der Waals surface area (Å²) >= 11 is 1.05. The highest BCUT2D eigenvalue weighted by Gasteiger charge is 2.31. The van der Waals surface area contributed by atoms with Crippen molar-refractivity contribution in [2.45, 2.75) is 25.4 Å². The number of primary amides is 1. The summed E-state index contributed by atoms with van der Waals surface area (Å²) in [6, 6.07) is 3.97. The highest BCUT2D eigenvalue weighted by Crippen LogP contribution is 2.37. The van der Waals surface area contributed by atoms with E-state index < -0.39 is 23.6 Å². The Morgan fingerprint density at radius 1 is 1.19 bits per heavy atom. The number of carbonyl (C=O) groups excluding carboxylic acids is 3. The Balaban J connectivity index is 1.93. The monoisotopic (exact) mass is 382 g/mol. The van der Waals surface area contributed by atoms with Gasteiger partial charge in [0.25, 0.3) is 11.8 Å². The summed E-state index contributed by atoms with van der Waals surface area (Å²) in [5.74, 6) is -1.52. The van der Waals surface area contributed by atoms with Gasteiger partial charge in [-0.2, -0.15) is 13.2 Å². The standard InChI is InChI=1S/C17H13F3N2O3S/c18-17(19,20)9-3-1-2-8(6-9)15(25)22-16-13(14(21)24)11-5-4-10(23)7-12(11)26-16/h1-3,6H,4-5,7H2,(H2,21,24)(H,22,25). The van der Waals surface area contributed by atoms with Crippen LogP contribution in [0.2, 0.25) is 0 Å². The first kappa shape index (κ1) is 18.1. The van der Waals surface area contributed by atoms with Gasteiger partial charge in [0.15, 0.2) is 0 Å². The molecule has 26 heavy (non-hydrogen) atoms. The molecule has 1 aromatic carbocycles. The predicted molar refractivity (Wildman–Crippen MR) is 89.3 cm³/mol. The van der Waals surface area contributed by atoms with Crippen molar-refractivity contribution in [2.24, 2.45) is 5.73 Å². The van der Waals surface area contributed by atoms with Crippen LogP contribution in [0.1, 0.15) is 43.1 Å². The highest BCUT2D eigenvalue weighted by atomic mass is 32.1. The fourth-order valence-corrected chi connectivity index (χ4v) is 4.09. The van der Waals surface area contributed by atoms with Crippen molar-refractivity contribution in [1.29, 1.82) is 0 Å². The predicted octanol–water partition coefficient (Wildman–Crippen LogP) is 3.18. The maximum absolute atomic E-state index is 12.8. The van der Waals surface area contributed by atoms with Gasteiger partial charge in [0, 0.05) is 23.3 Å². The number of fused-ring (bicyclic) bond motifs is 1. The van der Waals surface area contributed by atoms with Gasteiger partial charge in [-0.25, -0.2) is 0 Å². The van der Waals surface area contributed by atoms with E-state index in [2.05, 4.69) is 5.32 Å². The van der Waals surface area contributed by atoms with E-state index >= 15 is 0 Å². The van der Waals surface area contributed by atoms with Crippen LogP contribution in [-0.4, -0.2) is 17.6 Å². The number of thiophene rings is 1. The molecule has 0 bridgehead atoms. The number of Topliss-reactive ketones (excluding diaryl/α,β-unsaturated/α-hetero) is 1. The van der Waals surface area contributed by atoms with Gasteiger partial charge < -0.3 is 11.1 Å². The summed E-state index contributed by atoms with van der Waals surface area (Å²) in [6.07, 6.45) is -3.79. The molecule has 3 rings (SSSR count). The van der Waals surface area contributed by atoms with E-state index in [9.17, 15) is 27.6 Å². The molecule has 136 valence electrons. The fraction of sp³-hybridized carbons (Fsp3) is 0.235. The van der Waals surface area contributed by atoms with Gasteiger partial charge in [0.05, 0.1) is 11.1 Å². The van der Waals surface area contributed by atoms with Crippen LogP contribution in [0, 0.1) is 0 Å². The summed E-state index contributed by atoms with van der Waals surface area (Å²) in [6.45, 7) is 0. The smallest absolute Gasteiger partial charge is 0.365 e. The van der Waals surface area contributed by atoms with Crippen molar-refractivity contribution in [3.8, 4) is 0 Å². The summed E-state index contributed by atoms with van der Waals surface area (Å²) in [4.78, 5) is 36.4. The normalized spacial score (nSPS) is 14.0. The van der Waals surface area contributed by atoms with E-state index in [1.165, 1.54) is 6.07 Å². The number of ketones is 1. The highest BCUT2D eigenvalue weighted by molar-refractivity contribution is 7.17. The Morgan fingerprint density at radius 2 is 1.92 bits per heavy atom. The Labute approximate surface area is 150 Å². The maximum Gasteiger partial charge on any atom is 0.416 e. The van der Waals surface area contributed by atoms with Crippen molar-refractivity contribution in [3.63, 3.8) is 0 Å². The lowest BCUT2D eigenvalue weighted by atomic mass is 9.94. The van der Waals surface area contributed by atoms with Crippen LogP contribution in [-0.2, 0) is 23.8 Å². The Bertz CT molecular complexity index is 918. The molecule has 1 heterocycles. The Morgan fingerprint density at radius 3 is 2.58 bits per heavy atom. The minimum absolute atomic E-state index is 0.0190. The lowest BCUT2D eigenvalue weighted by Crippen LogP contribution is -2.20. The molecule has 5 nitrogen and oxygen atoms in total. The Kier molecular flexibility index (Phi) is 4.57. The average molecular weight is 382 g/mol. The van der Waals surface area contributed by atoms with Gasteiger partial charge >= 0.3 is 6.18 Å². The van der Waals surface area contributed by atoms with Gasteiger partial charge in [0.2, 0.25) is 0 Å². The molecular weight excluding hydrogens is 369 g/mol. The first-order valence-corrected chi connectivity index (χ1v) is 8.43. The summed E-state index contributed by atoms with van der Waals surface area (Å²) in [5.41, 5.74) is 5.00. The first-order chi connectivity index (χ1) is 12.2. The molecule has 3 N–H and O–H groups in total. The first-order valence-electron chi connectivity index (χ1n) is 7.61. The molecule has 2 amide bonds. The number of nitrogens with two attached hydrogens (primary N) is 1. The van der Waals surface area contributed by atoms with Crippen LogP contribution in [0.4, 0.5) is 18.2 Å². The molecular formula is C17H13F3N2O3S. The third-order valence-corrected chi connectivity index (χ3v) is 5.18. The van der Waals surface area contributed by atoms with Crippen molar-refractivity contribution in [1.82, 2.24) is 0 Å². The van der Waals surface area contributed by atoms with Crippen LogP contribution >= 0.6 is 11.3 Å². The minimum Gasteiger partial charge on any atom is -0.365 e. The molecule has 0 saturated heterocycles. The van der Waals surface area contributed by atoms with Gasteiger partial charge in [-0.1, -0.05) is 6.07 Å². The third-order valence-electron chi connectivity index (χ3n) is 4.03. The average Bonchev–Trinajstić information content (AvgIpc) is 2.91. The van der Waals surface area contributed by atoms with Crippen LogP contribution < -0.4 is 11.1 Å². The van der Waals surface area contributed by atoms with Crippen LogP contribution in [0.5, 0.6) is 0 Å². The van der Waals surface area contributed by atoms with E-state index in [1.807, 2.05) is 0 Å². The zero-order valence-electron chi connectivity index (χ0n) is 13.3. The summed E-state index contributed by atoms with van der Waals surface area (Å²) in [7, 11) is 0. The van der Waals surface area contributed by atoms with E-state index in [-0.39, 0.29) is 34.8 Å². The van der Waals surface area contributed by atoms with E-state index in [4.69, 9.17) is 5.73 Å². The molecule has 1 aliphatic rings. The fourth-order valence-electron chi connectivity index (χ4n) is 2.81. The van der Waals surface area contributed by atoms with Crippen LogP contribution in [0.3, 0.4) is 0 Å². The molecule has 1 aromatic heterocycles. The number of amides is 2. The molecule has 0 fully saturated rings. The van der Waals surface area contributed by atoms with Crippen LogP contribution in [0.15, 0.2) is 24.3 Å². The lowest BCUT2D eigenvalue weighted by molar-refractivity contribution is -0.137. The second kappa shape index (κ2) is 6.56. The van der Waals surface area contributed by atoms with E-state index in [0.717, 1.165) is 29.5 Å². The number of anilines is 1. The SMILES string of the molecule is NC(=O)c1c(NC(=O)c2cccc(C(F)(F)F)c2)sc2c1CCC(=O)C2. The number of hydrogen-bond donors (Lipinski definition) is 2. The number of hydrogen-bond acceptors (Lipinski definition) is 4. The van der Waals surface area contributed by atoms with Gasteiger partial charge in [0.1, 0.15) is 10.8 Å². The van der Waals surface area contributed by atoms with Crippen molar-refractivity contribution in [2.75, 3.05) is 5.32 Å². The number of rotatable bonds is 3. The van der Waals surface area contributed by atoms with Gasteiger partial charge in [-0.15, -0.1) is 11.3 Å². The van der Waals surface area contributed by atoms with Crippen molar-refractivity contribution in [3.05, 3.63) is 51.4 Å². The lowest BCUT2D eigenvalue weighted by Gasteiger charge is -2.11. The molecule has 0 atom stereocenters. The molecule has 2 aromatic rings. The zero-order chi connectivity index (χ0) is 19.1. The summed E-state index contributed by atoms with van der Waals surface area (Å²) in [5, 5.41) is 2.61. The number of halogens is 3. The Hall–Kier alpha value is -2.68. The van der Waals surface area contributed by atoms with Gasteiger partial charge in [-0.3, -0.25) is 14.4 Å². The number of carbonyl (C=O) groups is 3. The molecule has 1 aliphatic carbocycles. The second-order valence-electron chi connectivity index (χ2n) is 5.82. The molecule has 0 unspecified atom stereocenters. The van der Waals surface area contributed by atoms with Crippen molar-refractivity contribution >= 4 is 33.9 Å². The zero-order valence-corrected chi connectivity index (χ0v) is 14.1. The quantitative estimate of drug-likeness (QED) is 0.854. The molecule has 0 aliphatic heterocycles. The maximum atomic E-state index is 12.8. The summed E-state index contributed by atoms with van der Waals surface area (Å²) < 4.78 is 38.4. The molecule has 9 heteroatoms. The largest absolute Gasteiger partial charge is 0.416 e. The van der Waals surface area contributed by atoms with Gasteiger partial charge in [-0.05, 0) is 30.2 Å². The van der Waals surface area contributed by atoms with Crippen LogP contribution in [0.25, 0.3) is 0 Å². The molecule has 0 radical (unpaired) electrons. The topological polar surface area (TPSA) is 89.3 Å². The number of benzene rings is 1. The molecule has 0 spiro atoms. The third kappa shape index (κ3) is 3.48.